The third kappa shape index (κ3) is 2.94. The molecular formula is C20H16N4. The third-order valence-electron chi connectivity index (χ3n) is 3.89. The van der Waals surface area contributed by atoms with Gasteiger partial charge in [0.2, 0.25) is 0 Å². The van der Waals surface area contributed by atoms with Crippen molar-refractivity contribution in [3.8, 4) is 0 Å². The molecule has 0 fully saturated rings. The number of aromatic nitrogens is 3. The summed E-state index contributed by atoms with van der Waals surface area (Å²) >= 11 is 0. The van der Waals surface area contributed by atoms with Gasteiger partial charge in [-0.05, 0) is 23.3 Å². The average molecular weight is 312 g/mol. The molecule has 0 bridgehead atoms. The summed E-state index contributed by atoms with van der Waals surface area (Å²) in [6, 6.07) is 24.6. The van der Waals surface area contributed by atoms with Crippen molar-refractivity contribution < 1.29 is 0 Å². The van der Waals surface area contributed by atoms with Crippen LogP contribution in [0.3, 0.4) is 0 Å². The minimum Gasteiger partial charge on any atom is -0.359 e. The maximum atomic E-state index is 4.58. The van der Waals surface area contributed by atoms with Crippen molar-refractivity contribution >= 4 is 17.0 Å². The number of anilines is 1. The number of hydrogen-bond donors (Lipinski definition) is 1. The van der Waals surface area contributed by atoms with Gasteiger partial charge in [-0.3, -0.25) is 4.98 Å². The van der Waals surface area contributed by atoms with Crippen molar-refractivity contribution in [2.24, 2.45) is 0 Å². The van der Waals surface area contributed by atoms with Crippen LogP contribution >= 0.6 is 0 Å². The van der Waals surface area contributed by atoms with Gasteiger partial charge in [0.25, 0.3) is 0 Å². The van der Waals surface area contributed by atoms with Gasteiger partial charge in [0.1, 0.15) is 11.3 Å². The van der Waals surface area contributed by atoms with Crippen LogP contribution < -0.4 is 5.32 Å². The highest BCUT2D eigenvalue weighted by atomic mass is 15.0. The highest BCUT2D eigenvalue weighted by molar-refractivity contribution is 5.71. The SMILES string of the molecule is c1ccc(C(Nc2ccc3nccnc3n2)c2ccccc2)cc1. The van der Waals surface area contributed by atoms with Crippen LogP contribution in [-0.4, -0.2) is 15.0 Å². The van der Waals surface area contributed by atoms with Gasteiger partial charge in [0.15, 0.2) is 5.65 Å². The van der Waals surface area contributed by atoms with Crippen LogP contribution in [0.4, 0.5) is 5.82 Å². The zero-order valence-corrected chi connectivity index (χ0v) is 13.0. The molecule has 0 aliphatic heterocycles. The molecule has 0 aliphatic carbocycles. The van der Waals surface area contributed by atoms with E-state index < -0.39 is 0 Å². The lowest BCUT2D eigenvalue weighted by atomic mass is 9.99. The van der Waals surface area contributed by atoms with E-state index >= 15 is 0 Å². The van der Waals surface area contributed by atoms with E-state index in [4.69, 9.17) is 0 Å². The molecule has 1 N–H and O–H groups in total. The van der Waals surface area contributed by atoms with Gasteiger partial charge in [0, 0.05) is 12.4 Å². The van der Waals surface area contributed by atoms with E-state index in [0.29, 0.717) is 5.65 Å². The number of benzene rings is 2. The summed E-state index contributed by atoms with van der Waals surface area (Å²) in [5, 5.41) is 3.52. The first kappa shape index (κ1) is 14.3. The molecule has 4 nitrogen and oxygen atoms in total. The first-order chi connectivity index (χ1) is 11.9. The zero-order chi connectivity index (χ0) is 16.2. The Morgan fingerprint density at radius 2 is 1.29 bits per heavy atom. The maximum Gasteiger partial charge on any atom is 0.180 e. The smallest absolute Gasteiger partial charge is 0.180 e. The molecule has 2 heterocycles. The fourth-order valence-corrected chi connectivity index (χ4v) is 2.73. The van der Waals surface area contributed by atoms with Crippen LogP contribution in [0.1, 0.15) is 17.2 Å². The first-order valence-electron chi connectivity index (χ1n) is 7.84. The molecule has 0 aliphatic rings. The van der Waals surface area contributed by atoms with Crippen molar-refractivity contribution in [1.82, 2.24) is 15.0 Å². The van der Waals surface area contributed by atoms with Gasteiger partial charge in [-0.1, -0.05) is 60.7 Å². The van der Waals surface area contributed by atoms with Crippen molar-refractivity contribution in [2.45, 2.75) is 6.04 Å². The molecule has 4 aromatic rings. The number of nitrogens with one attached hydrogen (secondary N) is 1. The van der Waals surface area contributed by atoms with Crippen molar-refractivity contribution in [1.29, 1.82) is 0 Å². The summed E-state index contributed by atoms with van der Waals surface area (Å²) in [4.78, 5) is 13.1. The molecule has 4 rings (SSSR count). The molecule has 2 aromatic carbocycles. The van der Waals surface area contributed by atoms with E-state index in [2.05, 4.69) is 44.5 Å². The largest absolute Gasteiger partial charge is 0.359 e. The Kier molecular flexibility index (Phi) is 3.86. The Balaban J connectivity index is 1.73. The summed E-state index contributed by atoms with van der Waals surface area (Å²) < 4.78 is 0. The average Bonchev–Trinajstić information content (AvgIpc) is 2.67. The normalized spacial score (nSPS) is 10.9. The lowest BCUT2D eigenvalue weighted by Crippen LogP contribution is -2.13. The minimum absolute atomic E-state index is 0.0222. The molecule has 0 radical (unpaired) electrons. The first-order valence-corrected chi connectivity index (χ1v) is 7.84. The molecule has 0 atom stereocenters. The van der Waals surface area contributed by atoms with Crippen LogP contribution in [-0.2, 0) is 0 Å². The van der Waals surface area contributed by atoms with Gasteiger partial charge < -0.3 is 5.32 Å². The molecule has 0 amide bonds. The van der Waals surface area contributed by atoms with Gasteiger partial charge in [0.05, 0.1) is 6.04 Å². The monoisotopic (exact) mass is 312 g/mol. The fraction of sp³-hybridized carbons (Fsp3) is 0.0500. The van der Waals surface area contributed by atoms with Crippen LogP contribution in [0.25, 0.3) is 11.2 Å². The van der Waals surface area contributed by atoms with Gasteiger partial charge in [-0.25, -0.2) is 9.97 Å². The van der Waals surface area contributed by atoms with Crippen LogP contribution in [0.2, 0.25) is 0 Å². The second-order valence-corrected chi connectivity index (χ2v) is 5.49. The Hall–Kier alpha value is -3.27. The summed E-state index contributed by atoms with van der Waals surface area (Å²) in [5.41, 5.74) is 3.80. The lowest BCUT2D eigenvalue weighted by molar-refractivity contribution is 0.928. The summed E-state index contributed by atoms with van der Waals surface area (Å²) in [6.07, 6.45) is 3.33. The van der Waals surface area contributed by atoms with Crippen molar-refractivity contribution in [3.63, 3.8) is 0 Å². The Bertz CT molecular complexity index is 900. The summed E-state index contributed by atoms with van der Waals surface area (Å²) in [7, 11) is 0. The fourth-order valence-electron chi connectivity index (χ4n) is 2.73. The van der Waals surface area contributed by atoms with Gasteiger partial charge >= 0.3 is 0 Å². The standard InChI is InChI=1S/C20H16N4/c1-3-7-15(8-4-1)19(16-9-5-2-6-10-16)23-18-12-11-17-20(24-18)22-14-13-21-17/h1-14,19H,(H,22,23,24). The topological polar surface area (TPSA) is 50.7 Å². The van der Waals surface area contributed by atoms with Gasteiger partial charge in [-0.15, -0.1) is 0 Å². The van der Waals surface area contributed by atoms with Gasteiger partial charge in [-0.2, -0.15) is 0 Å². The molecule has 0 unspecified atom stereocenters. The number of rotatable bonds is 4. The Labute approximate surface area is 140 Å². The number of pyridine rings is 1. The maximum absolute atomic E-state index is 4.58. The quantitative estimate of drug-likeness (QED) is 0.613. The van der Waals surface area contributed by atoms with Crippen LogP contribution in [0, 0.1) is 0 Å². The Morgan fingerprint density at radius 1 is 0.667 bits per heavy atom. The van der Waals surface area contributed by atoms with E-state index in [1.165, 1.54) is 11.1 Å². The molecule has 0 spiro atoms. The number of nitrogens with zero attached hydrogens (tertiary/aromatic N) is 3. The third-order valence-corrected chi connectivity index (χ3v) is 3.89. The molecule has 4 heteroatoms. The van der Waals surface area contributed by atoms with Crippen LogP contribution in [0.15, 0.2) is 85.2 Å². The molecule has 2 aromatic heterocycles. The predicted octanol–water partition coefficient (Wildman–Crippen LogP) is 4.23. The van der Waals surface area contributed by atoms with E-state index in [-0.39, 0.29) is 6.04 Å². The molecular weight excluding hydrogens is 296 g/mol. The highest BCUT2D eigenvalue weighted by Gasteiger charge is 2.14. The molecule has 116 valence electrons. The van der Waals surface area contributed by atoms with E-state index in [9.17, 15) is 0 Å². The molecule has 0 saturated carbocycles. The zero-order valence-electron chi connectivity index (χ0n) is 13.0. The summed E-state index contributed by atoms with van der Waals surface area (Å²) in [5.74, 6) is 0.778. The van der Waals surface area contributed by atoms with Crippen LogP contribution in [0.5, 0.6) is 0 Å². The van der Waals surface area contributed by atoms with E-state index in [1.54, 1.807) is 12.4 Å². The molecule has 0 saturated heterocycles. The van der Waals surface area contributed by atoms with Crippen molar-refractivity contribution in [2.75, 3.05) is 5.32 Å². The van der Waals surface area contributed by atoms with E-state index in [1.807, 2.05) is 48.5 Å². The minimum atomic E-state index is 0.0222. The Morgan fingerprint density at radius 3 is 1.96 bits per heavy atom. The summed E-state index contributed by atoms with van der Waals surface area (Å²) in [6.45, 7) is 0. The second kappa shape index (κ2) is 6.46. The highest BCUT2D eigenvalue weighted by Crippen LogP contribution is 2.26. The predicted molar refractivity (Wildman–Crippen MR) is 95.7 cm³/mol. The molecule has 24 heavy (non-hydrogen) atoms. The number of hydrogen-bond acceptors (Lipinski definition) is 4. The van der Waals surface area contributed by atoms with Crippen molar-refractivity contribution in [3.05, 3.63) is 96.3 Å². The van der Waals surface area contributed by atoms with E-state index in [0.717, 1.165) is 11.3 Å². The second-order valence-electron chi connectivity index (χ2n) is 5.49. The lowest BCUT2D eigenvalue weighted by Gasteiger charge is -2.20. The number of fused-ring (bicyclic) bond motifs is 1.